The van der Waals surface area contributed by atoms with Crippen molar-refractivity contribution in [1.82, 2.24) is 0 Å². The number of allylic oxidation sites excluding steroid dienone is 1. The van der Waals surface area contributed by atoms with Crippen LogP contribution in [0.4, 0.5) is 0 Å². The molecule has 0 aromatic rings. The third-order valence-electron chi connectivity index (χ3n) is 1.80. The maximum atomic E-state index is 11.6. The molecule has 4 heteroatoms. The molecule has 0 aliphatic carbocycles. The smallest absolute Gasteiger partial charge is 0.144 e. The molecule has 0 saturated heterocycles. The van der Waals surface area contributed by atoms with Crippen molar-refractivity contribution in [2.45, 2.75) is 38.4 Å². The van der Waals surface area contributed by atoms with E-state index in [4.69, 9.17) is 4.74 Å². The first-order valence-corrected chi connectivity index (χ1v) is 5.87. The minimum absolute atomic E-state index is 0.285. The SMILES string of the molecule is CC(C)(C)S(=O)/N=C/C1=COCCC1. The van der Waals surface area contributed by atoms with Crippen LogP contribution in [0.2, 0.25) is 0 Å². The van der Waals surface area contributed by atoms with Crippen molar-refractivity contribution in [3.63, 3.8) is 0 Å². The number of ether oxygens (including phenoxy) is 1. The van der Waals surface area contributed by atoms with Crippen molar-refractivity contribution in [3.8, 4) is 0 Å². The van der Waals surface area contributed by atoms with E-state index in [9.17, 15) is 4.21 Å². The van der Waals surface area contributed by atoms with E-state index in [-0.39, 0.29) is 4.75 Å². The Kier molecular flexibility index (Phi) is 3.86. The Morgan fingerprint density at radius 2 is 2.29 bits per heavy atom. The number of hydrogen-bond acceptors (Lipinski definition) is 2. The van der Waals surface area contributed by atoms with Gasteiger partial charge in [0.2, 0.25) is 0 Å². The molecule has 1 aliphatic heterocycles. The van der Waals surface area contributed by atoms with Gasteiger partial charge in [0.05, 0.1) is 17.6 Å². The highest BCUT2D eigenvalue weighted by Crippen LogP contribution is 2.14. The van der Waals surface area contributed by atoms with Crippen molar-refractivity contribution in [2.24, 2.45) is 4.40 Å². The van der Waals surface area contributed by atoms with Gasteiger partial charge in [-0.15, -0.1) is 0 Å². The highest BCUT2D eigenvalue weighted by Gasteiger charge is 2.18. The van der Waals surface area contributed by atoms with E-state index in [2.05, 4.69) is 4.40 Å². The summed E-state index contributed by atoms with van der Waals surface area (Å²) >= 11 is 0. The predicted octanol–water partition coefficient (Wildman–Crippen LogP) is 2.21. The quantitative estimate of drug-likeness (QED) is 0.662. The average Bonchev–Trinajstić information content (AvgIpc) is 2.14. The Balaban J connectivity index is 2.55. The van der Waals surface area contributed by atoms with Gasteiger partial charge in [-0.2, -0.15) is 4.40 Å². The van der Waals surface area contributed by atoms with E-state index < -0.39 is 11.0 Å². The fourth-order valence-corrected chi connectivity index (χ4v) is 1.50. The summed E-state index contributed by atoms with van der Waals surface area (Å²) in [6.45, 7) is 6.50. The fourth-order valence-electron chi connectivity index (χ4n) is 0.953. The molecule has 0 aromatic carbocycles. The molecule has 0 N–H and O–H groups in total. The average molecular weight is 215 g/mol. The van der Waals surface area contributed by atoms with Crippen LogP contribution in [-0.4, -0.2) is 21.8 Å². The molecule has 3 nitrogen and oxygen atoms in total. The molecule has 0 fully saturated rings. The first kappa shape index (κ1) is 11.4. The molecule has 14 heavy (non-hydrogen) atoms. The third-order valence-corrected chi connectivity index (χ3v) is 3.15. The van der Waals surface area contributed by atoms with Crippen molar-refractivity contribution in [2.75, 3.05) is 6.61 Å². The Labute approximate surface area is 87.8 Å². The van der Waals surface area contributed by atoms with Crippen LogP contribution in [0.25, 0.3) is 0 Å². The molecule has 0 aromatic heterocycles. The Morgan fingerprint density at radius 3 is 2.79 bits per heavy atom. The normalized spacial score (nSPS) is 20.4. The second kappa shape index (κ2) is 4.73. The highest BCUT2D eigenvalue weighted by molar-refractivity contribution is 7.85. The summed E-state index contributed by atoms with van der Waals surface area (Å²) in [5.74, 6) is 0. The Hall–Kier alpha value is -0.640. The molecule has 1 rings (SSSR count). The summed E-state index contributed by atoms with van der Waals surface area (Å²) in [5.41, 5.74) is 1.02. The molecule has 1 aliphatic rings. The second-order valence-corrected chi connectivity index (χ2v) is 6.20. The minimum Gasteiger partial charge on any atom is -0.501 e. The maximum absolute atomic E-state index is 11.6. The van der Waals surface area contributed by atoms with E-state index in [1.807, 2.05) is 20.8 Å². The monoisotopic (exact) mass is 215 g/mol. The van der Waals surface area contributed by atoms with Crippen molar-refractivity contribution in [3.05, 3.63) is 11.8 Å². The van der Waals surface area contributed by atoms with Crippen LogP contribution in [0.5, 0.6) is 0 Å². The lowest BCUT2D eigenvalue weighted by Crippen LogP contribution is -2.19. The van der Waals surface area contributed by atoms with Gasteiger partial charge >= 0.3 is 0 Å². The zero-order chi connectivity index (χ0) is 10.6. The van der Waals surface area contributed by atoms with Gasteiger partial charge < -0.3 is 4.74 Å². The number of rotatable bonds is 2. The van der Waals surface area contributed by atoms with Crippen LogP contribution >= 0.6 is 0 Å². The summed E-state index contributed by atoms with van der Waals surface area (Å²) in [4.78, 5) is 0. The first-order valence-electron chi connectivity index (χ1n) is 4.77. The zero-order valence-electron chi connectivity index (χ0n) is 8.95. The molecule has 0 bridgehead atoms. The van der Waals surface area contributed by atoms with Gasteiger partial charge in [0.25, 0.3) is 0 Å². The van der Waals surface area contributed by atoms with Gasteiger partial charge in [-0.1, -0.05) is 0 Å². The topological polar surface area (TPSA) is 38.7 Å². The second-order valence-electron chi connectivity index (χ2n) is 4.26. The lowest BCUT2D eigenvalue weighted by molar-refractivity contribution is 0.228. The molecule has 0 amide bonds. The van der Waals surface area contributed by atoms with Crippen molar-refractivity contribution in [1.29, 1.82) is 0 Å². The maximum Gasteiger partial charge on any atom is 0.144 e. The minimum atomic E-state index is -1.17. The van der Waals surface area contributed by atoms with Crippen molar-refractivity contribution < 1.29 is 8.95 Å². The molecule has 1 unspecified atom stereocenters. The summed E-state index contributed by atoms with van der Waals surface area (Å²) in [7, 11) is -1.17. The standard InChI is InChI=1S/C10H17NO2S/c1-10(2,3)14(12)11-7-9-5-4-6-13-8-9/h7-8H,4-6H2,1-3H3/b11-7+. The number of nitrogens with zero attached hydrogens (tertiary/aromatic N) is 1. The highest BCUT2D eigenvalue weighted by atomic mass is 32.2. The summed E-state index contributed by atoms with van der Waals surface area (Å²) < 4.78 is 20.4. The zero-order valence-corrected chi connectivity index (χ0v) is 9.76. The van der Waals surface area contributed by atoms with E-state index in [0.29, 0.717) is 0 Å². The molecular weight excluding hydrogens is 198 g/mol. The summed E-state index contributed by atoms with van der Waals surface area (Å²) in [6.07, 6.45) is 5.35. The van der Waals surface area contributed by atoms with Crippen LogP contribution in [-0.2, 0) is 15.7 Å². The van der Waals surface area contributed by atoms with Crippen LogP contribution in [0.3, 0.4) is 0 Å². The van der Waals surface area contributed by atoms with Crippen LogP contribution < -0.4 is 0 Å². The van der Waals surface area contributed by atoms with E-state index in [0.717, 1.165) is 25.0 Å². The predicted molar refractivity (Wildman–Crippen MR) is 59.7 cm³/mol. The summed E-state index contributed by atoms with van der Waals surface area (Å²) in [5, 5.41) is 0. The van der Waals surface area contributed by atoms with Crippen LogP contribution in [0.1, 0.15) is 33.6 Å². The molecule has 80 valence electrons. The molecule has 0 radical (unpaired) electrons. The van der Waals surface area contributed by atoms with Crippen LogP contribution in [0.15, 0.2) is 16.2 Å². The van der Waals surface area contributed by atoms with Gasteiger partial charge in [-0.05, 0) is 33.6 Å². The van der Waals surface area contributed by atoms with Crippen molar-refractivity contribution >= 4 is 17.2 Å². The molecule has 0 saturated carbocycles. The lowest BCUT2D eigenvalue weighted by atomic mass is 10.1. The number of hydrogen-bond donors (Lipinski definition) is 0. The van der Waals surface area contributed by atoms with Gasteiger partial charge in [0.1, 0.15) is 11.0 Å². The molecule has 1 atom stereocenters. The summed E-state index contributed by atoms with van der Waals surface area (Å²) in [6, 6.07) is 0. The van der Waals surface area contributed by atoms with Gasteiger partial charge in [-0.3, -0.25) is 0 Å². The van der Waals surface area contributed by atoms with Gasteiger partial charge in [0.15, 0.2) is 0 Å². The van der Waals surface area contributed by atoms with E-state index >= 15 is 0 Å². The third kappa shape index (κ3) is 3.62. The molecule has 1 heterocycles. The Morgan fingerprint density at radius 1 is 1.57 bits per heavy atom. The lowest BCUT2D eigenvalue weighted by Gasteiger charge is -2.13. The fraction of sp³-hybridized carbons (Fsp3) is 0.700. The van der Waals surface area contributed by atoms with Crippen LogP contribution in [0, 0.1) is 0 Å². The molecule has 0 spiro atoms. The van der Waals surface area contributed by atoms with Gasteiger partial charge in [0, 0.05) is 11.8 Å². The molecular formula is C10H17NO2S. The van der Waals surface area contributed by atoms with Gasteiger partial charge in [-0.25, -0.2) is 4.21 Å². The Bertz CT molecular complexity index is 276. The van der Waals surface area contributed by atoms with E-state index in [1.54, 1.807) is 12.5 Å². The largest absolute Gasteiger partial charge is 0.501 e. The first-order chi connectivity index (χ1) is 6.50. The van der Waals surface area contributed by atoms with E-state index in [1.165, 1.54) is 0 Å².